The molecule has 0 saturated carbocycles. The Morgan fingerprint density at radius 2 is 2.00 bits per heavy atom. The lowest BCUT2D eigenvalue weighted by Gasteiger charge is -2.27. The normalized spacial score (nSPS) is 22.7. The highest BCUT2D eigenvalue weighted by Gasteiger charge is 2.28. The zero-order chi connectivity index (χ0) is 20.0. The fraction of sp³-hybridized carbons (Fsp3) is 0.579. The molecule has 0 bridgehead atoms. The van der Waals surface area contributed by atoms with Crippen LogP contribution >= 0.6 is 0 Å². The molecule has 154 valence electrons. The Hall–Kier alpha value is -2.13. The summed E-state index contributed by atoms with van der Waals surface area (Å²) in [5.74, 6) is -0.0877. The molecule has 8 nitrogen and oxygen atoms in total. The number of hydrogen-bond donors (Lipinski definition) is 2. The van der Waals surface area contributed by atoms with E-state index in [4.69, 9.17) is 10.6 Å². The van der Waals surface area contributed by atoms with Crippen LogP contribution in [0.2, 0.25) is 0 Å². The van der Waals surface area contributed by atoms with E-state index in [0.29, 0.717) is 6.42 Å². The Kier molecular flexibility index (Phi) is 6.90. The van der Waals surface area contributed by atoms with Crippen LogP contribution in [0.25, 0.3) is 0 Å². The lowest BCUT2D eigenvalue weighted by atomic mass is 10.0. The van der Waals surface area contributed by atoms with Crippen molar-refractivity contribution < 1.29 is 18.0 Å². The van der Waals surface area contributed by atoms with E-state index >= 15 is 0 Å². The molecule has 2 aliphatic rings. The molecule has 0 spiro atoms. The molecule has 2 saturated heterocycles. The van der Waals surface area contributed by atoms with Gasteiger partial charge < -0.3 is 15.9 Å². The Bertz CT molecular complexity index is 819. The van der Waals surface area contributed by atoms with Crippen molar-refractivity contribution >= 4 is 21.6 Å². The summed E-state index contributed by atoms with van der Waals surface area (Å²) in [6.45, 7) is 2.67. The lowest BCUT2D eigenvalue weighted by molar-refractivity contribution is -0.126. The molecular weight excluding hydrogens is 380 g/mol. The second kappa shape index (κ2) is 9.38. The number of carbonyl (C=O) groups is 1. The van der Waals surface area contributed by atoms with Crippen LogP contribution in [-0.4, -0.2) is 62.3 Å². The van der Waals surface area contributed by atoms with E-state index in [1.54, 1.807) is 0 Å². The first kappa shape index (κ1) is 20.6. The molecule has 2 aliphatic heterocycles. The quantitative estimate of drug-likeness (QED) is 0.388. The van der Waals surface area contributed by atoms with Gasteiger partial charge in [-0.05, 0) is 37.9 Å². The average Bonchev–Trinajstić information content (AvgIpc) is 3.01. The van der Waals surface area contributed by atoms with Crippen LogP contribution in [0, 0.1) is 0 Å². The Morgan fingerprint density at radius 3 is 2.71 bits per heavy atom. The number of oxime groups is 1. The molecule has 1 aromatic carbocycles. The largest absolute Gasteiger partial charge is 0.384 e. The smallest absolute Gasteiger partial charge is 0.261 e. The van der Waals surface area contributed by atoms with E-state index in [2.05, 4.69) is 15.4 Å². The van der Waals surface area contributed by atoms with Gasteiger partial charge in [-0.15, -0.1) is 0 Å². The Labute approximate surface area is 166 Å². The van der Waals surface area contributed by atoms with Crippen LogP contribution in [0.3, 0.4) is 0 Å². The minimum atomic E-state index is -3.04. The molecule has 2 heterocycles. The summed E-state index contributed by atoms with van der Waals surface area (Å²) in [4.78, 5) is 19.4. The first-order chi connectivity index (χ1) is 13.4. The number of hydrogen-bond acceptors (Lipinski definition) is 6. The molecule has 0 radical (unpaired) electrons. The van der Waals surface area contributed by atoms with Crippen LogP contribution in [-0.2, 0) is 26.0 Å². The third kappa shape index (κ3) is 5.93. The minimum absolute atomic E-state index is 0.0198. The highest BCUT2D eigenvalue weighted by atomic mass is 32.2. The molecule has 28 heavy (non-hydrogen) atoms. The molecule has 1 unspecified atom stereocenters. The summed E-state index contributed by atoms with van der Waals surface area (Å²) in [7, 11) is -3.04. The van der Waals surface area contributed by atoms with E-state index in [9.17, 15) is 13.2 Å². The number of rotatable bonds is 7. The maximum atomic E-state index is 11.9. The van der Waals surface area contributed by atoms with Crippen LogP contribution in [0.1, 0.15) is 36.8 Å². The molecule has 2 fully saturated rings. The molecule has 1 atom stereocenters. The SMILES string of the molecule is N/C(=N/OCC(=O)NC1CCS(=O)(=O)C1)c1ccccc1CN1CCCCC1. The molecule has 3 rings (SSSR count). The van der Waals surface area contributed by atoms with Crippen molar-refractivity contribution in [3.63, 3.8) is 0 Å². The summed E-state index contributed by atoms with van der Waals surface area (Å²) in [6.07, 6.45) is 4.15. The summed E-state index contributed by atoms with van der Waals surface area (Å²) >= 11 is 0. The molecule has 3 N–H and O–H groups in total. The topological polar surface area (TPSA) is 114 Å². The number of amidine groups is 1. The highest BCUT2D eigenvalue weighted by molar-refractivity contribution is 7.91. The van der Waals surface area contributed by atoms with Gasteiger partial charge in [0.1, 0.15) is 0 Å². The standard InChI is InChI=1S/C19H28N4O4S/c20-19(22-27-13-18(24)21-16-8-11-28(25,26)14-16)17-7-3-2-6-15(17)12-23-9-4-1-5-10-23/h2-3,6-7,16H,1,4-5,8-14H2,(H2,20,22)(H,21,24). The van der Waals surface area contributed by atoms with Crippen molar-refractivity contribution in [3.8, 4) is 0 Å². The van der Waals surface area contributed by atoms with Crippen molar-refractivity contribution in [2.24, 2.45) is 10.9 Å². The van der Waals surface area contributed by atoms with Gasteiger partial charge in [-0.3, -0.25) is 9.69 Å². The predicted molar refractivity (Wildman–Crippen MR) is 107 cm³/mol. The van der Waals surface area contributed by atoms with Crippen LogP contribution < -0.4 is 11.1 Å². The Morgan fingerprint density at radius 1 is 1.25 bits per heavy atom. The molecule has 1 amide bonds. The van der Waals surface area contributed by atoms with Crippen molar-refractivity contribution in [1.29, 1.82) is 0 Å². The number of nitrogens with zero attached hydrogens (tertiary/aromatic N) is 2. The van der Waals surface area contributed by atoms with Crippen molar-refractivity contribution in [2.45, 2.75) is 38.3 Å². The summed E-state index contributed by atoms with van der Waals surface area (Å²) in [5, 5.41) is 6.54. The summed E-state index contributed by atoms with van der Waals surface area (Å²) in [6, 6.07) is 7.43. The Balaban J connectivity index is 1.52. The number of sulfone groups is 1. The number of piperidine rings is 1. The highest BCUT2D eigenvalue weighted by Crippen LogP contribution is 2.16. The monoisotopic (exact) mass is 408 g/mol. The van der Waals surface area contributed by atoms with E-state index in [1.807, 2.05) is 24.3 Å². The van der Waals surface area contributed by atoms with Gasteiger partial charge in [-0.25, -0.2) is 8.42 Å². The van der Waals surface area contributed by atoms with Gasteiger partial charge >= 0.3 is 0 Å². The maximum absolute atomic E-state index is 11.9. The van der Waals surface area contributed by atoms with E-state index in [-0.39, 0.29) is 30.0 Å². The summed E-state index contributed by atoms with van der Waals surface area (Å²) < 4.78 is 22.9. The maximum Gasteiger partial charge on any atom is 0.261 e. The third-order valence-corrected chi connectivity index (χ3v) is 6.86. The van der Waals surface area contributed by atoms with Gasteiger partial charge in [-0.1, -0.05) is 35.8 Å². The van der Waals surface area contributed by atoms with Crippen LogP contribution in [0.5, 0.6) is 0 Å². The van der Waals surface area contributed by atoms with Gasteiger partial charge in [0.15, 0.2) is 22.3 Å². The molecule has 9 heteroatoms. The van der Waals surface area contributed by atoms with Crippen LogP contribution in [0.15, 0.2) is 29.4 Å². The number of nitrogens with two attached hydrogens (primary N) is 1. The first-order valence-electron chi connectivity index (χ1n) is 9.69. The van der Waals surface area contributed by atoms with Gasteiger partial charge in [0.25, 0.3) is 5.91 Å². The molecule has 0 aromatic heterocycles. The van der Waals surface area contributed by atoms with Gasteiger partial charge in [-0.2, -0.15) is 0 Å². The fourth-order valence-corrected chi connectivity index (χ4v) is 5.33. The second-order valence-corrected chi connectivity index (χ2v) is 9.64. The van der Waals surface area contributed by atoms with E-state index < -0.39 is 15.7 Å². The van der Waals surface area contributed by atoms with Gasteiger partial charge in [0, 0.05) is 18.2 Å². The molecule has 0 aliphatic carbocycles. The molecular formula is C19H28N4O4S. The van der Waals surface area contributed by atoms with Crippen molar-refractivity contribution in [1.82, 2.24) is 10.2 Å². The fourth-order valence-electron chi connectivity index (χ4n) is 3.65. The number of benzene rings is 1. The van der Waals surface area contributed by atoms with Gasteiger partial charge in [0.05, 0.1) is 11.5 Å². The number of amides is 1. The number of carbonyl (C=O) groups excluding carboxylic acids is 1. The average molecular weight is 409 g/mol. The number of nitrogens with one attached hydrogen (secondary N) is 1. The van der Waals surface area contributed by atoms with Crippen molar-refractivity contribution in [2.75, 3.05) is 31.2 Å². The second-order valence-electron chi connectivity index (χ2n) is 7.41. The first-order valence-corrected chi connectivity index (χ1v) is 11.5. The number of likely N-dealkylation sites (tertiary alicyclic amines) is 1. The van der Waals surface area contributed by atoms with Crippen molar-refractivity contribution in [3.05, 3.63) is 35.4 Å². The zero-order valence-electron chi connectivity index (χ0n) is 16.0. The third-order valence-electron chi connectivity index (χ3n) is 5.09. The van der Waals surface area contributed by atoms with Gasteiger partial charge in [0.2, 0.25) is 0 Å². The summed E-state index contributed by atoms with van der Waals surface area (Å²) in [5.41, 5.74) is 7.96. The molecule has 1 aromatic rings. The van der Waals surface area contributed by atoms with E-state index in [1.165, 1.54) is 19.3 Å². The van der Waals surface area contributed by atoms with Crippen LogP contribution in [0.4, 0.5) is 0 Å². The zero-order valence-corrected chi connectivity index (χ0v) is 16.8. The minimum Gasteiger partial charge on any atom is -0.384 e. The van der Waals surface area contributed by atoms with E-state index in [0.717, 1.165) is 30.8 Å². The predicted octanol–water partition coefficient (Wildman–Crippen LogP) is 0.613. The lowest BCUT2D eigenvalue weighted by Crippen LogP contribution is -2.37.